The quantitative estimate of drug-likeness (QED) is 0.832. The molecule has 1 aliphatic heterocycles. The van der Waals surface area contributed by atoms with Gasteiger partial charge in [0.05, 0.1) is 11.9 Å². The molecule has 1 atom stereocenters. The SMILES string of the molecule is N#Cc1ccc(N2CCCCC2C(=O)O)cn1. The first-order valence-electron chi connectivity index (χ1n) is 5.58. The van der Waals surface area contributed by atoms with Gasteiger partial charge in [-0.3, -0.25) is 0 Å². The summed E-state index contributed by atoms with van der Waals surface area (Å²) >= 11 is 0. The molecule has 0 spiro atoms. The van der Waals surface area contributed by atoms with Crippen molar-refractivity contribution in [2.24, 2.45) is 0 Å². The van der Waals surface area contributed by atoms with Crippen molar-refractivity contribution in [3.63, 3.8) is 0 Å². The van der Waals surface area contributed by atoms with Gasteiger partial charge in [-0.25, -0.2) is 9.78 Å². The fourth-order valence-electron chi connectivity index (χ4n) is 2.12. The van der Waals surface area contributed by atoms with E-state index in [4.69, 9.17) is 10.4 Å². The largest absolute Gasteiger partial charge is 0.480 e. The second-order valence-electron chi connectivity index (χ2n) is 4.06. The van der Waals surface area contributed by atoms with Gasteiger partial charge in [-0.15, -0.1) is 0 Å². The van der Waals surface area contributed by atoms with Gasteiger partial charge in [-0.2, -0.15) is 5.26 Å². The summed E-state index contributed by atoms with van der Waals surface area (Å²) in [5, 5.41) is 17.8. The average Bonchev–Trinajstić information content (AvgIpc) is 2.39. The molecule has 5 nitrogen and oxygen atoms in total. The maximum absolute atomic E-state index is 11.1. The first-order chi connectivity index (χ1) is 8.22. The van der Waals surface area contributed by atoms with Crippen molar-refractivity contribution in [3.05, 3.63) is 24.0 Å². The second kappa shape index (κ2) is 4.83. The van der Waals surface area contributed by atoms with Crippen LogP contribution in [0.2, 0.25) is 0 Å². The Morgan fingerprint density at radius 2 is 2.35 bits per heavy atom. The zero-order valence-corrected chi connectivity index (χ0v) is 9.33. The van der Waals surface area contributed by atoms with E-state index in [1.165, 1.54) is 0 Å². The van der Waals surface area contributed by atoms with Crippen molar-refractivity contribution in [2.75, 3.05) is 11.4 Å². The van der Waals surface area contributed by atoms with Gasteiger partial charge >= 0.3 is 5.97 Å². The lowest BCUT2D eigenvalue weighted by atomic mass is 10.0. The van der Waals surface area contributed by atoms with Crippen molar-refractivity contribution >= 4 is 11.7 Å². The van der Waals surface area contributed by atoms with Crippen LogP contribution in [-0.4, -0.2) is 28.6 Å². The normalized spacial score (nSPS) is 19.7. The van der Waals surface area contributed by atoms with Gasteiger partial charge < -0.3 is 10.0 Å². The highest BCUT2D eigenvalue weighted by atomic mass is 16.4. The minimum absolute atomic E-state index is 0.345. The van der Waals surface area contributed by atoms with E-state index in [0.717, 1.165) is 25.1 Å². The van der Waals surface area contributed by atoms with Crippen LogP contribution in [-0.2, 0) is 4.79 Å². The minimum Gasteiger partial charge on any atom is -0.480 e. The van der Waals surface area contributed by atoms with E-state index in [-0.39, 0.29) is 0 Å². The summed E-state index contributed by atoms with van der Waals surface area (Å²) in [4.78, 5) is 17.0. The van der Waals surface area contributed by atoms with Crippen LogP contribution in [0.15, 0.2) is 18.3 Å². The highest BCUT2D eigenvalue weighted by molar-refractivity contribution is 5.78. The number of nitrogens with zero attached hydrogens (tertiary/aromatic N) is 3. The van der Waals surface area contributed by atoms with E-state index in [9.17, 15) is 4.79 Å². The fraction of sp³-hybridized carbons (Fsp3) is 0.417. The van der Waals surface area contributed by atoms with Crippen molar-refractivity contribution < 1.29 is 9.90 Å². The number of carboxylic acids is 1. The maximum Gasteiger partial charge on any atom is 0.326 e. The molecular formula is C12H13N3O2. The van der Waals surface area contributed by atoms with Crippen LogP contribution in [0, 0.1) is 11.3 Å². The van der Waals surface area contributed by atoms with Crippen LogP contribution in [0.5, 0.6) is 0 Å². The molecule has 1 aromatic rings. The lowest BCUT2D eigenvalue weighted by Gasteiger charge is -2.34. The number of anilines is 1. The minimum atomic E-state index is -0.797. The van der Waals surface area contributed by atoms with Gasteiger partial charge in [0, 0.05) is 6.54 Å². The summed E-state index contributed by atoms with van der Waals surface area (Å²) in [6.45, 7) is 0.727. The molecule has 2 rings (SSSR count). The average molecular weight is 231 g/mol. The zero-order chi connectivity index (χ0) is 12.3. The number of pyridine rings is 1. The Bertz CT molecular complexity index is 450. The molecule has 1 unspecified atom stereocenters. The van der Waals surface area contributed by atoms with Crippen LogP contribution < -0.4 is 4.90 Å². The van der Waals surface area contributed by atoms with Crippen LogP contribution in [0.3, 0.4) is 0 Å². The summed E-state index contributed by atoms with van der Waals surface area (Å²) in [5.74, 6) is -0.797. The maximum atomic E-state index is 11.1. The Kier molecular flexibility index (Phi) is 3.24. The molecule has 0 radical (unpaired) electrons. The first-order valence-corrected chi connectivity index (χ1v) is 5.58. The van der Waals surface area contributed by atoms with E-state index in [1.807, 2.05) is 11.0 Å². The Morgan fingerprint density at radius 1 is 1.53 bits per heavy atom. The molecule has 0 aromatic carbocycles. The Labute approximate surface area is 99.3 Å². The third-order valence-electron chi connectivity index (χ3n) is 2.98. The van der Waals surface area contributed by atoms with Crippen LogP contribution >= 0.6 is 0 Å². The Hall–Kier alpha value is -2.09. The second-order valence-corrected chi connectivity index (χ2v) is 4.06. The molecule has 0 bridgehead atoms. The number of hydrogen-bond donors (Lipinski definition) is 1. The zero-order valence-electron chi connectivity index (χ0n) is 9.33. The molecule has 1 aliphatic rings. The van der Waals surface area contributed by atoms with Gasteiger partial charge in [0.1, 0.15) is 17.8 Å². The fourth-order valence-corrected chi connectivity index (χ4v) is 2.12. The van der Waals surface area contributed by atoms with Gasteiger partial charge in [-0.1, -0.05) is 0 Å². The molecule has 88 valence electrons. The molecule has 1 aromatic heterocycles. The highest BCUT2D eigenvalue weighted by Gasteiger charge is 2.28. The number of rotatable bonds is 2. The van der Waals surface area contributed by atoms with Gasteiger partial charge in [0.2, 0.25) is 0 Å². The number of nitriles is 1. The van der Waals surface area contributed by atoms with E-state index < -0.39 is 12.0 Å². The molecule has 0 saturated carbocycles. The molecule has 1 N–H and O–H groups in total. The number of piperidine rings is 1. The van der Waals surface area contributed by atoms with Crippen LogP contribution in [0.1, 0.15) is 25.0 Å². The Morgan fingerprint density at radius 3 is 2.94 bits per heavy atom. The summed E-state index contributed by atoms with van der Waals surface area (Å²) in [7, 11) is 0. The van der Waals surface area contributed by atoms with Crippen LogP contribution in [0.4, 0.5) is 5.69 Å². The smallest absolute Gasteiger partial charge is 0.326 e. The number of aromatic nitrogens is 1. The van der Waals surface area contributed by atoms with Crippen molar-refractivity contribution in [1.82, 2.24) is 4.98 Å². The molecule has 5 heteroatoms. The molecule has 1 fully saturated rings. The monoisotopic (exact) mass is 231 g/mol. The summed E-state index contributed by atoms with van der Waals surface area (Å²) in [6.07, 6.45) is 4.16. The lowest BCUT2D eigenvalue weighted by molar-refractivity contribution is -0.139. The number of carbonyl (C=O) groups is 1. The summed E-state index contributed by atoms with van der Waals surface area (Å²) in [6, 6.07) is 4.84. The molecule has 1 saturated heterocycles. The topological polar surface area (TPSA) is 77.2 Å². The van der Waals surface area contributed by atoms with E-state index in [0.29, 0.717) is 12.1 Å². The van der Waals surface area contributed by atoms with E-state index in [1.54, 1.807) is 18.3 Å². The predicted octanol–water partition coefficient (Wildman–Crippen LogP) is 1.40. The van der Waals surface area contributed by atoms with Crippen molar-refractivity contribution in [1.29, 1.82) is 5.26 Å². The predicted molar refractivity (Wildman–Crippen MR) is 61.6 cm³/mol. The van der Waals surface area contributed by atoms with Crippen molar-refractivity contribution in [3.8, 4) is 6.07 Å². The summed E-state index contributed by atoms with van der Waals surface area (Å²) in [5.41, 5.74) is 1.12. The summed E-state index contributed by atoms with van der Waals surface area (Å²) < 4.78 is 0. The molecular weight excluding hydrogens is 218 g/mol. The first kappa shape index (κ1) is 11.4. The third kappa shape index (κ3) is 2.36. The molecule has 2 heterocycles. The lowest BCUT2D eigenvalue weighted by Crippen LogP contribution is -2.44. The van der Waals surface area contributed by atoms with E-state index in [2.05, 4.69) is 4.98 Å². The molecule has 0 aliphatic carbocycles. The third-order valence-corrected chi connectivity index (χ3v) is 2.98. The number of hydrogen-bond acceptors (Lipinski definition) is 4. The standard InChI is InChI=1S/C12H13N3O2/c13-7-9-4-5-10(8-14-9)15-6-2-1-3-11(15)12(16)17/h4-5,8,11H,1-3,6H2,(H,16,17). The highest BCUT2D eigenvalue weighted by Crippen LogP contribution is 2.24. The number of aliphatic carboxylic acids is 1. The van der Waals surface area contributed by atoms with Gasteiger partial charge in [-0.05, 0) is 31.4 Å². The Balaban J connectivity index is 2.24. The van der Waals surface area contributed by atoms with Crippen LogP contribution in [0.25, 0.3) is 0 Å². The number of carboxylic acid groups (broad SMARTS) is 1. The molecule has 17 heavy (non-hydrogen) atoms. The van der Waals surface area contributed by atoms with Gasteiger partial charge in [0.25, 0.3) is 0 Å². The van der Waals surface area contributed by atoms with E-state index >= 15 is 0 Å². The van der Waals surface area contributed by atoms with Gasteiger partial charge in [0.15, 0.2) is 0 Å². The molecule has 0 amide bonds. The van der Waals surface area contributed by atoms with Crippen molar-refractivity contribution in [2.45, 2.75) is 25.3 Å².